The van der Waals surface area contributed by atoms with E-state index in [-0.39, 0.29) is 5.91 Å². The number of methoxy groups -OCH3 is 1. The summed E-state index contributed by atoms with van der Waals surface area (Å²) < 4.78 is 5.36. The lowest BCUT2D eigenvalue weighted by molar-refractivity contribution is -0.130. The topological polar surface area (TPSA) is 41.6 Å². The molecule has 0 unspecified atom stereocenters. The van der Waals surface area contributed by atoms with Gasteiger partial charge in [0.05, 0.1) is 7.11 Å². The molecule has 1 aliphatic rings. The number of nitrogens with zero attached hydrogens (tertiary/aromatic N) is 1. The molecule has 1 N–H and O–H groups in total. The van der Waals surface area contributed by atoms with E-state index in [9.17, 15) is 4.79 Å². The van der Waals surface area contributed by atoms with Gasteiger partial charge in [-0.25, -0.2) is 0 Å². The molecule has 2 rings (SSSR count). The molecule has 0 spiro atoms. The van der Waals surface area contributed by atoms with Gasteiger partial charge in [-0.3, -0.25) is 4.79 Å². The van der Waals surface area contributed by atoms with Crippen molar-refractivity contribution in [1.82, 2.24) is 10.2 Å². The second kappa shape index (κ2) is 7.29. The standard InChI is InChI=1S/C16H24N2O2/c1-13-4-6-15(20-2)14(12-13)5-7-16(19)18-10-3-8-17-9-11-18/h4,6,12,17H,3,5,7-11H2,1-2H3. The summed E-state index contributed by atoms with van der Waals surface area (Å²) in [6.07, 6.45) is 2.34. The fourth-order valence-corrected chi connectivity index (χ4v) is 2.60. The minimum atomic E-state index is 0.247. The van der Waals surface area contributed by atoms with Crippen molar-refractivity contribution in [2.45, 2.75) is 26.2 Å². The Hall–Kier alpha value is -1.55. The highest BCUT2D eigenvalue weighted by atomic mass is 16.5. The molecule has 20 heavy (non-hydrogen) atoms. The van der Waals surface area contributed by atoms with Crippen LogP contribution >= 0.6 is 0 Å². The molecule has 1 fully saturated rings. The van der Waals surface area contributed by atoms with E-state index in [0.29, 0.717) is 6.42 Å². The quantitative estimate of drug-likeness (QED) is 0.911. The highest BCUT2D eigenvalue weighted by molar-refractivity contribution is 5.76. The zero-order valence-corrected chi connectivity index (χ0v) is 12.4. The third-order valence-corrected chi connectivity index (χ3v) is 3.74. The fraction of sp³-hybridized carbons (Fsp3) is 0.562. The third kappa shape index (κ3) is 3.97. The van der Waals surface area contributed by atoms with E-state index in [0.717, 1.165) is 50.3 Å². The molecule has 1 heterocycles. The van der Waals surface area contributed by atoms with Crippen LogP contribution in [0.4, 0.5) is 0 Å². The molecule has 0 aliphatic carbocycles. The van der Waals surface area contributed by atoms with Gasteiger partial charge in [-0.05, 0) is 37.9 Å². The number of amides is 1. The number of carbonyl (C=O) groups excluding carboxylic acids is 1. The number of hydrogen-bond donors (Lipinski definition) is 1. The van der Waals surface area contributed by atoms with Crippen molar-refractivity contribution in [3.8, 4) is 5.75 Å². The van der Waals surface area contributed by atoms with Crippen LogP contribution in [-0.2, 0) is 11.2 Å². The van der Waals surface area contributed by atoms with E-state index in [1.807, 2.05) is 17.0 Å². The molecule has 0 bridgehead atoms. The summed E-state index contributed by atoms with van der Waals surface area (Å²) in [5, 5.41) is 3.32. The molecule has 0 radical (unpaired) electrons. The smallest absolute Gasteiger partial charge is 0.222 e. The maximum Gasteiger partial charge on any atom is 0.222 e. The molecule has 1 saturated heterocycles. The molecule has 0 saturated carbocycles. The minimum Gasteiger partial charge on any atom is -0.496 e. The molecule has 0 atom stereocenters. The number of ether oxygens (including phenoxy) is 1. The highest BCUT2D eigenvalue weighted by Crippen LogP contribution is 2.21. The number of benzene rings is 1. The van der Waals surface area contributed by atoms with Crippen LogP contribution in [-0.4, -0.2) is 44.1 Å². The average Bonchev–Trinajstić information content (AvgIpc) is 2.74. The van der Waals surface area contributed by atoms with E-state index in [1.54, 1.807) is 7.11 Å². The van der Waals surface area contributed by atoms with Crippen LogP contribution in [0.2, 0.25) is 0 Å². The van der Waals surface area contributed by atoms with Gasteiger partial charge in [0.2, 0.25) is 5.91 Å². The van der Waals surface area contributed by atoms with Gasteiger partial charge >= 0.3 is 0 Å². The molecule has 4 heteroatoms. The molecule has 1 aromatic carbocycles. The SMILES string of the molecule is COc1ccc(C)cc1CCC(=O)N1CCCNCC1. The monoisotopic (exact) mass is 276 g/mol. The Morgan fingerprint density at radius 1 is 1.35 bits per heavy atom. The zero-order valence-electron chi connectivity index (χ0n) is 12.4. The molecule has 1 aromatic rings. The van der Waals surface area contributed by atoms with Crippen molar-refractivity contribution >= 4 is 5.91 Å². The Labute approximate surface area is 121 Å². The van der Waals surface area contributed by atoms with Crippen LogP contribution in [0.25, 0.3) is 0 Å². The lowest BCUT2D eigenvalue weighted by atomic mass is 10.1. The first-order valence-corrected chi connectivity index (χ1v) is 7.32. The van der Waals surface area contributed by atoms with E-state index in [4.69, 9.17) is 4.74 Å². The maximum atomic E-state index is 12.3. The van der Waals surface area contributed by atoms with Crippen molar-refractivity contribution in [1.29, 1.82) is 0 Å². The van der Waals surface area contributed by atoms with E-state index in [2.05, 4.69) is 18.3 Å². The molecular formula is C16H24N2O2. The van der Waals surface area contributed by atoms with Crippen molar-refractivity contribution in [2.24, 2.45) is 0 Å². The third-order valence-electron chi connectivity index (χ3n) is 3.74. The first-order valence-electron chi connectivity index (χ1n) is 7.32. The maximum absolute atomic E-state index is 12.3. The molecule has 0 aromatic heterocycles. The lowest BCUT2D eigenvalue weighted by Crippen LogP contribution is -2.34. The molecule has 1 amide bonds. The molecule has 110 valence electrons. The zero-order chi connectivity index (χ0) is 14.4. The van der Waals surface area contributed by atoms with E-state index in [1.165, 1.54) is 5.56 Å². The van der Waals surface area contributed by atoms with Crippen LogP contribution in [0.5, 0.6) is 5.75 Å². The fourth-order valence-electron chi connectivity index (χ4n) is 2.60. The van der Waals surface area contributed by atoms with Gasteiger partial charge in [0.15, 0.2) is 0 Å². The lowest BCUT2D eigenvalue weighted by Gasteiger charge is -2.20. The van der Waals surface area contributed by atoms with E-state index < -0.39 is 0 Å². The summed E-state index contributed by atoms with van der Waals surface area (Å²) in [4.78, 5) is 14.2. The van der Waals surface area contributed by atoms with Crippen molar-refractivity contribution in [2.75, 3.05) is 33.3 Å². The Morgan fingerprint density at radius 3 is 3.00 bits per heavy atom. The first-order chi connectivity index (χ1) is 9.70. The van der Waals surface area contributed by atoms with Gasteiger partial charge < -0.3 is 15.0 Å². The molecule has 4 nitrogen and oxygen atoms in total. The summed E-state index contributed by atoms with van der Waals surface area (Å²) in [6.45, 7) is 5.67. The van der Waals surface area contributed by atoms with Crippen molar-refractivity contribution < 1.29 is 9.53 Å². The van der Waals surface area contributed by atoms with Crippen LogP contribution in [0.3, 0.4) is 0 Å². The van der Waals surface area contributed by atoms with Crippen LogP contribution < -0.4 is 10.1 Å². The number of carbonyl (C=O) groups is 1. The molecular weight excluding hydrogens is 252 g/mol. The molecule has 1 aliphatic heterocycles. The number of aryl methyl sites for hydroxylation is 2. The van der Waals surface area contributed by atoms with Crippen LogP contribution in [0.1, 0.15) is 24.0 Å². The summed E-state index contributed by atoms with van der Waals surface area (Å²) in [5.41, 5.74) is 2.32. The summed E-state index contributed by atoms with van der Waals surface area (Å²) >= 11 is 0. The van der Waals surface area contributed by atoms with E-state index >= 15 is 0 Å². The van der Waals surface area contributed by atoms with Gasteiger partial charge in [0.25, 0.3) is 0 Å². The average molecular weight is 276 g/mol. The second-order valence-corrected chi connectivity index (χ2v) is 5.30. The van der Waals surface area contributed by atoms with Crippen LogP contribution in [0, 0.1) is 6.92 Å². The summed E-state index contributed by atoms with van der Waals surface area (Å²) in [5.74, 6) is 1.12. The predicted octanol–water partition coefficient (Wildman–Crippen LogP) is 1.76. The summed E-state index contributed by atoms with van der Waals surface area (Å²) in [6, 6.07) is 6.12. The van der Waals surface area contributed by atoms with Gasteiger partial charge in [0, 0.05) is 26.1 Å². The Bertz CT molecular complexity index is 452. The normalized spacial score (nSPS) is 15.8. The number of nitrogens with one attached hydrogen (secondary N) is 1. The van der Waals surface area contributed by atoms with Gasteiger partial charge in [0.1, 0.15) is 5.75 Å². The van der Waals surface area contributed by atoms with Crippen molar-refractivity contribution in [3.63, 3.8) is 0 Å². The predicted molar refractivity (Wildman–Crippen MR) is 80.1 cm³/mol. The first kappa shape index (κ1) is 14.9. The highest BCUT2D eigenvalue weighted by Gasteiger charge is 2.15. The largest absolute Gasteiger partial charge is 0.496 e. The van der Waals surface area contributed by atoms with Gasteiger partial charge in [-0.1, -0.05) is 17.7 Å². The number of hydrogen-bond acceptors (Lipinski definition) is 3. The number of rotatable bonds is 4. The summed E-state index contributed by atoms with van der Waals surface area (Å²) in [7, 11) is 1.68. The Morgan fingerprint density at radius 2 is 2.20 bits per heavy atom. The Kier molecular flexibility index (Phi) is 5.41. The minimum absolute atomic E-state index is 0.247. The van der Waals surface area contributed by atoms with Gasteiger partial charge in [-0.15, -0.1) is 0 Å². The van der Waals surface area contributed by atoms with Crippen LogP contribution in [0.15, 0.2) is 18.2 Å². The van der Waals surface area contributed by atoms with Gasteiger partial charge in [-0.2, -0.15) is 0 Å². The Balaban J connectivity index is 1.93. The second-order valence-electron chi connectivity index (χ2n) is 5.30. The van der Waals surface area contributed by atoms with Crippen molar-refractivity contribution in [3.05, 3.63) is 29.3 Å².